The normalized spacial score (nSPS) is 16.5. The van der Waals surface area contributed by atoms with E-state index in [2.05, 4.69) is 15.3 Å². The van der Waals surface area contributed by atoms with Crippen LogP contribution in [0.2, 0.25) is 0 Å². The Bertz CT molecular complexity index is 1020. The van der Waals surface area contributed by atoms with Gasteiger partial charge in [0.2, 0.25) is 5.91 Å². The third-order valence-corrected chi connectivity index (χ3v) is 6.56. The molecule has 3 aromatic rings. The Hall–Kier alpha value is -2.32. The third-order valence-electron chi connectivity index (χ3n) is 4.77. The summed E-state index contributed by atoms with van der Waals surface area (Å²) in [7, 11) is 0. The molecule has 8 heteroatoms. The van der Waals surface area contributed by atoms with Crippen LogP contribution in [-0.2, 0) is 17.8 Å². The van der Waals surface area contributed by atoms with E-state index in [1.54, 1.807) is 16.8 Å². The minimum atomic E-state index is 0.0305. The van der Waals surface area contributed by atoms with E-state index in [1.807, 2.05) is 23.1 Å². The lowest BCUT2D eigenvalue weighted by Crippen LogP contribution is -2.35. The maximum Gasteiger partial charge on any atom is 0.254 e. The van der Waals surface area contributed by atoms with Crippen molar-refractivity contribution in [1.29, 1.82) is 0 Å². The van der Waals surface area contributed by atoms with Crippen molar-refractivity contribution in [3.8, 4) is 0 Å². The molecule has 2 aromatic heterocycles. The predicted octanol–water partition coefficient (Wildman–Crippen LogP) is 3.30. The Morgan fingerprint density at radius 3 is 3.00 bits per heavy atom. The highest BCUT2D eigenvalue weighted by Crippen LogP contribution is 2.33. The molecule has 5 rings (SSSR count). The van der Waals surface area contributed by atoms with Gasteiger partial charge in [0.1, 0.15) is 0 Å². The van der Waals surface area contributed by atoms with Crippen molar-refractivity contribution in [2.45, 2.75) is 25.8 Å². The molecule has 0 atom stereocenters. The van der Waals surface area contributed by atoms with Crippen molar-refractivity contribution in [2.24, 2.45) is 5.92 Å². The zero-order valence-electron chi connectivity index (χ0n) is 13.9. The number of hydrogen-bond acceptors (Lipinski definition) is 6. The zero-order valence-corrected chi connectivity index (χ0v) is 15.5. The van der Waals surface area contributed by atoms with Crippen molar-refractivity contribution in [3.63, 3.8) is 0 Å². The van der Waals surface area contributed by atoms with E-state index in [4.69, 9.17) is 0 Å². The Balaban J connectivity index is 1.33. The molecule has 132 valence electrons. The number of nitrogens with one attached hydrogen (secondary N) is 1. The monoisotopic (exact) mass is 384 g/mol. The molecule has 1 N–H and O–H groups in total. The SMILES string of the molecule is O=C(Nc1nc2c(s1)CN(C(=O)c1ccc3ncsc3c1)CC2)C1CC1. The first-order chi connectivity index (χ1) is 12.7. The summed E-state index contributed by atoms with van der Waals surface area (Å²) >= 11 is 3.02. The van der Waals surface area contributed by atoms with Gasteiger partial charge in [-0.2, -0.15) is 0 Å². The van der Waals surface area contributed by atoms with Gasteiger partial charge < -0.3 is 10.2 Å². The topological polar surface area (TPSA) is 75.2 Å². The van der Waals surface area contributed by atoms with Gasteiger partial charge >= 0.3 is 0 Å². The molecule has 0 spiro atoms. The minimum absolute atomic E-state index is 0.0305. The lowest BCUT2D eigenvalue weighted by atomic mass is 10.1. The highest BCUT2D eigenvalue weighted by molar-refractivity contribution is 7.16. The van der Waals surface area contributed by atoms with E-state index >= 15 is 0 Å². The summed E-state index contributed by atoms with van der Waals surface area (Å²) in [6.45, 7) is 1.19. The molecule has 2 amide bonds. The number of carbonyl (C=O) groups excluding carboxylic acids is 2. The first-order valence-corrected chi connectivity index (χ1v) is 10.3. The Labute approximate surface area is 157 Å². The van der Waals surface area contributed by atoms with Crippen molar-refractivity contribution in [2.75, 3.05) is 11.9 Å². The fourth-order valence-electron chi connectivity index (χ4n) is 3.15. The first-order valence-electron chi connectivity index (χ1n) is 8.59. The van der Waals surface area contributed by atoms with Crippen LogP contribution in [0.1, 0.15) is 33.8 Å². The second-order valence-corrected chi connectivity index (χ2v) is 8.63. The van der Waals surface area contributed by atoms with Crippen LogP contribution in [0.15, 0.2) is 23.7 Å². The molecule has 0 unspecified atom stereocenters. The molecule has 0 radical (unpaired) electrons. The van der Waals surface area contributed by atoms with Crippen LogP contribution in [0.5, 0.6) is 0 Å². The molecule has 1 fully saturated rings. The summed E-state index contributed by atoms with van der Waals surface area (Å²) in [4.78, 5) is 36.5. The zero-order chi connectivity index (χ0) is 17.7. The van der Waals surface area contributed by atoms with E-state index in [1.165, 1.54) is 11.3 Å². The van der Waals surface area contributed by atoms with Gasteiger partial charge in [0.25, 0.3) is 5.91 Å². The summed E-state index contributed by atoms with van der Waals surface area (Å²) in [5.74, 6) is 0.264. The van der Waals surface area contributed by atoms with Crippen LogP contribution in [0.3, 0.4) is 0 Å². The lowest BCUT2D eigenvalue weighted by Gasteiger charge is -2.26. The number of hydrogen-bond donors (Lipinski definition) is 1. The van der Waals surface area contributed by atoms with Gasteiger partial charge in [-0.25, -0.2) is 9.97 Å². The lowest BCUT2D eigenvalue weighted by molar-refractivity contribution is -0.117. The molecule has 1 saturated carbocycles. The minimum Gasteiger partial charge on any atom is -0.333 e. The molecule has 1 aromatic carbocycles. The number of fused-ring (bicyclic) bond motifs is 2. The largest absolute Gasteiger partial charge is 0.333 e. The van der Waals surface area contributed by atoms with Crippen LogP contribution in [-0.4, -0.2) is 33.2 Å². The average molecular weight is 384 g/mol. The fraction of sp³-hybridized carbons (Fsp3) is 0.333. The summed E-state index contributed by atoms with van der Waals surface area (Å²) in [6, 6.07) is 5.65. The van der Waals surface area contributed by atoms with Gasteiger partial charge in [-0.15, -0.1) is 11.3 Å². The second kappa shape index (κ2) is 6.14. The van der Waals surface area contributed by atoms with E-state index in [-0.39, 0.29) is 17.7 Å². The van der Waals surface area contributed by atoms with E-state index in [0.29, 0.717) is 23.8 Å². The van der Waals surface area contributed by atoms with Crippen LogP contribution in [0, 0.1) is 5.92 Å². The number of benzene rings is 1. The molecule has 26 heavy (non-hydrogen) atoms. The summed E-state index contributed by atoms with van der Waals surface area (Å²) in [5.41, 5.74) is 4.41. The number of nitrogens with zero attached hydrogens (tertiary/aromatic N) is 3. The van der Waals surface area contributed by atoms with Gasteiger partial charge in [0.15, 0.2) is 5.13 Å². The number of aromatic nitrogens is 2. The maximum absolute atomic E-state index is 12.9. The number of anilines is 1. The van der Waals surface area contributed by atoms with E-state index in [0.717, 1.165) is 40.1 Å². The Kier molecular flexibility index (Phi) is 3.75. The van der Waals surface area contributed by atoms with Crippen molar-refractivity contribution in [3.05, 3.63) is 39.8 Å². The highest BCUT2D eigenvalue weighted by atomic mass is 32.1. The summed E-state index contributed by atoms with van der Waals surface area (Å²) in [5, 5.41) is 3.57. The Morgan fingerprint density at radius 1 is 1.27 bits per heavy atom. The van der Waals surface area contributed by atoms with Gasteiger partial charge in [-0.1, -0.05) is 11.3 Å². The molecular weight excluding hydrogens is 368 g/mol. The van der Waals surface area contributed by atoms with Crippen LogP contribution in [0.25, 0.3) is 10.2 Å². The molecule has 0 saturated heterocycles. The summed E-state index contributed by atoms with van der Waals surface area (Å²) in [6.07, 6.45) is 2.67. The fourth-order valence-corrected chi connectivity index (χ4v) is 4.89. The van der Waals surface area contributed by atoms with Gasteiger partial charge in [-0.05, 0) is 31.0 Å². The van der Waals surface area contributed by atoms with Gasteiger partial charge in [0, 0.05) is 29.3 Å². The number of thiazole rings is 2. The number of amides is 2. The van der Waals surface area contributed by atoms with Crippen molar-refractivity contribution >= 4 is 49.8 Å². The predicted molar refractivity (Wildman–Crippen MR) is 102 cm³/mol. The second-order valence-electron chi connectivity index (χ2n) is 6.66. The molecule has 1 aliphatic heterocycles. The highest BCUT2D eigenvalue weighted by Gasteiger charge is 2.31. The average Bonchev–Trinajstić information content (AvgIpc) is 3.27. The third kappa shape index (κ3) is 2.89. The molecule has 3 heterocycles. The van der Waals surface area contributed by atoms with Crippen LogP contribution in [0.4, 0.5) is 5.13 Å². The van der Waals surface area contributed by atoms with Gasteiger partial charge in [0.05, 0.1) is 28.0 Å². The van der Waals surface area contributed by atoms with E-state index < -0.39 is 0 Å². The molecule has 6 nitrogen and oxygen atoms in total. The van der Waals surface area contributed by atoms with Gasteiger partial charge in [-0.3, -0.25) is 9.59 Å². The molecule has 2 aliphatic rings. The Morgan fingerprint density at radius 2 is 2.15 bits per heavy atom. The van der Waals surface area contributed by atoms with E-state index in [9.17, 15) is 9.59 Å². The number of carbonyl (C=O) groups is 2. The molecular formula is C18H16N4O2S2. The van der Waals surface area contributed by atoms with Crippen molar-refractivity contribution < 1.29 is 9.59 Å². The van der Waals surface area contributed by atoms with Crippen molar-refractivity contribution in [1.82, 2.24) is 14.9 Å². The summed E-state index contributed by atoms with van der Waals surface area (Å²) < 4.78 is 1.02. The molecule has 0 bridgehead atoms. The molecule has 1 aliphatic carbocycles. The van der Waals surface area contributed by atoms with Crippen LogP contribution >= 0.6 is 22.7 Å². The first kappa shape index (κ1) is 15.9. The van der Waals surface area contributed by atoms with Crippen LogP contribution < -0.4 is 5.32 Å². The quantitative estimate of drug-likeness (QED) is 0.752. The maximum atomic E-state index is 12.9. The standard InChI is InChI=1S/C18H16N4O2S2/c23-16(10-1-2-10)21-18-20-13-5-6-22(8-15(13)26-18)17(24)11-3-4-12-14(7-11)25-9-19-12/h3-4,7,9-10H,1-2,5-6,8H2,(H,20,21,23). The number of rotatable bonds is 3. The smallest absolute Gasteiger partial charge is 0.254 e.